The van der Waals surface area contributed by atoms with E-state index in [-0.39, 0.29) is 23.6 Å². The van der Waals surface area contributed by atoms with Crippen LogP contribution in [0.25, 0.3) is 0 Å². The number of nitrogens with zero attached hydrogens (tertiary/aromatic N) is 1. The quantitative estimate of drug-likeness (QED) is 0.825. The average Bonchev–Trinajstić information content (AvgIpc) is 3.30. The van der Waals surface area contributed by atoms with E-state index in [2.05, 4.69) is 5.32 Å². The Balaban J connectivity index is 1.48. The highest BCUT2D eigenvalue weighted by Gasteiger charge is 2.37. The van der Waals surface area contributed by atoms with Crippen LogP contribution < -0.4 is 5.32 Å². The maximum absolute atomic E-state index is 12.9. The first-order chi connectivity index (χ1) is 13.0. The summed E-state index contributed by atoms with van der Waals surface area (Å²) in [5.41, 5.74) is 2.39. The summed E-state index contributed by atoms with van der Waals surface area (Å²) in [4.78, 5) is 27.3. The summed E-state index contributed by atoms with van der Waals surface area (Å²) in [5.74, 6) is 1.02. The minimum atomic E-state index is -0.500. The van der Waals surface area contributed by atoms with Crippen molar-refractivity contribution in [2.45, 2.75) is 24.9 Å². The number of amides is 2. The lowest BCUT2D eigenvalue weighted by Gasteiger charge is -2.25. The second-order valence-corrected chi connectivity index (χ2v) is 8.18. The number of thioether (sulfide) groups is 1. The number of carbonyl (C=O) groups is 2. The van der Waals surface area contributed by atoms with Gasteiger partial charge in [-0.05, 0) is 54.3 Å². The van der Waals surface area contributed by atoms with E-state index in [9.17, 15) is 14.7 Å². The molecule has 5 nitrogen and oxygen atoms in total. The predicted molar refractivity (Wildman–Crippen MR) is 106 cm³/mol. The topological polar surface area (TPSA) is 69.6 Å². The predicted octanol–water partition coefficient (Wildman–Crippen LogP) is 3.36. The molecule has 2 aromatic carbocycles. The van der Waals surface area contributed by atoms with Gasteiger partial charge in [-0.1, -0.05) is 23.7 Å². The molecule has 1 heterocycles. The number of phenolic OH excluding ortho intramolecular Hbond substituents is 1. The summed E-state index contributed by atoms with van der Waals surface area (Å²) < 4.78 is 0. The van der Waals surface area contributed by atoms with Gasteiger partial charge in [-0.15, -0.1) is 11.8 Å². The molecule has 2 unspecified atom stereocenters. The molecule has 2 aliphatic rings. The van der Waals surface area contributed by atoms with Gasteiger partial charge in [0.2, 0.25) is 5.91 Å². The summed E-state index contributed by atoms with van der Waals surface area (Å²) >= 11 is 7.46. The summed E-state index contributed by atoms with van der Waals surface area (Å²) in [7, 11) is 0. The van der Waals surface area contributed by atoms with Gasteiger partial charge in [-0.25, -0.2) is 0 Å². The Hall–Kier alpha value is -2.18. The average molecular weight is 403 g/mol. The summed E-state index contributed by atoms with van der Waals surface area (Å²) in [6, 6.07) is 11.5. The normalized spacial score (nSPS) is 21.1. The maximum Gasteiger partial charge on any atom is 0.255 e. The van der Waals surface area contributed by atoms with Crippen LogP contribution in [0.2, 0.25) is 5.02 Å². The molecule has 2 aromatic rings. The van der Waals surface area contributed by atoms with Gasteiger partial charge in [0.25, 0.3) is 5.91 Å². The number of phenols is 1. The van der Waals surface area contributed by atoms with Crippen molar-refractivity contribution in [1.29, 1.82) is 0 Å². The third kappa shape index (κ3) is 3.51. The van der Waals surface area contributed by atoms with Crippen LogP contribution in [0.1, 0.15) is 33.9 Å². The molecular formula is C20H19ClN2O3S. The highest BCUT2D eigenvalue weighted by Crippen LogP contribution is 2.36. The van der Waals surface area contributed by atoms with Crippen LogP contribution in [-0.4, -0.2) is 39.5 Å². The molecule has 4 rings (SSSR count). The zero-order valence-corrected chi connectivity index (χ0v) is 16.1. The third-order valence-corrected chi connectivity index (χ3v) is 6.36. The Labute approximate surface area is 166 Å². The minimum Gasteiger partial charge on any atom is -0.508 e. The Morgan fingerprint density at radius 2 is 1.96 bits per heavy atom. The summed E-state index contributed by atoms with van der Waals surface area (Å²) in [5, 5.41) is 13.6. The third-order valence-electron chi connectivity index (χ3n) is 5.10. The van der Waals surface area contributed by atoms with Crippen LogP contribution in [0.5, 0.6) is 5.75 Å². The number of fused-ring (bicyclic) bond motifs is 1. The van der Waals surface area contributed by atoms with Gasteiger partial charge in [0.05, 0.1) is 11.9 Å². The van der Waals surface area contributed by atoms with Crippen molar-refractivity contribution in [3.8, 4) is 5.75 Å². The molecule has 2 amide bonds. The molecule has 0 bridgehead atoms. The number of hydrogen-bond acceptors (Lipinski definition) is 4. The van der Waals surface area contributed by atoms with Crippen molar-refractivity contribution in [2.24, 2.45) is 0 Å². The minimum absolute atomic E-state index is 0.127. The van der Waals surface area contributed by atoms with Crippen molar-refractivity contribution in [3.63, 3.8) is 0 Å². The van der Waals surface area contributed by atoms with Crippen LogP contribution in [0.3, 0.4) is 0 Å². The monoisotopic (exact) mass is 402 g/mol. The smallest absolute Gasteiger partial charge is 0.255 e. The first-order valence-electron chi connectivity index (χ1n) is 8.80. The Kier molecular flexibility index (Phi) is 5.02. The van der Waals surface area contributed by atoms with E-state index in [0.717, 1.165) is 24.0 Å². The van der Waals surface area contributed by atoms with Crippen molar-refractivity contribution in [3.05, 3.63) is 64.2 Å². The number of nitrogens with one attached hydrogen (secondary N) is 1. The molecule has 1 fully saturated rings. The summed E-state index contributed by atoms with van der Waals surface area (Å²) in [6.07, 6.45) is 1.49. The fraction of sp³-hybridized carbons (Fsp3) is 0.300. The number of carbonyl (C=O) groups excluding carboxylic acids is 2. The second-order valence-electron chi connectivity index (χ2n) is 6.74. The van der Waals surface area contributed by atoms with Gasteiger partial charge in [0, 0.05) is 16.3 Å². The lowest BCUT2D eigenvalue weighted by atomic mass is 10.1. The highest BCUT2D eigenvalue weighted by atomic mass is 35.5. The molecule has 0 radical (unpaired) electrons. The van der Waals surface area contributed by atoms with Crippen molar-refractivity contribution < 1.29 is 14.7 Å². The number of rotatable bonds is 3. The first-order valence-corrected chi connectivity index (χ1v) is 10.3. The van der Waals surface area contributed by atoms with Crippen LogP contribution in [0.15, 0.2) is 42.5 Å². The fourth-order valence-corrected chi connectivity index (χ4v) is 4.95. The van der Waals surface area contributed by atoms with Gasteiger partial charge >= 0.3 is 0 Å². The van der Waals surface area contributed by atoms with Crippen LogP contribution in [0.4, 0.5) is 0 Å². The number of halogens is 1. The Bertz CT molecular complexity index is 887. The molecule has 2 atom stereocenters. The van der Waals surface area contributed by atoms with E-state index >= 15 is 0 Å². The largest absolute Gasteiger partial charge is 0.508 e. The van der Waals surface area contributed by atoms with Gasteiger partial charge < -0.3 is 15.3 Å². The van der Waals surface area contributed by atoms with E-state index < -0.39 is 6.04 Å². The van der Waals surface area contributed by atoms with E-state index in [1.807, 2.05) is 6.07 Å². The van der Waals surface area contributed by atoms with E-state index in [0.29, 0.717) is 22.2 Å². The zero-order valence-electron chi connectivity index (χ0n) is 14.5. The molecule has 0 spiro atoms. The lowest BCUT2D eigenvalue weighted by Crippen LogP contribution is -2.47. The molecule has 0 saturated carbocycles. The molecule has 1 aliphatic heterocycles. The second kappa shape index (κ2) is 7.44. The number of aromatic hydroxyl groups is 1. The van der Waals surface area contributed by atoms with Gasteiger partial charge in [0.1, 0.15) is 11.8 Å². The SMILES string of the molecule is O=C(NC1CCc2c(O)cccc21)C1CSCN1C(=O)c1ccc(Cl)cc1. The van der Waals surface area contributed by atoms with E-state index in [1.54, 1.807) is 53.1 Å². The standard InChI is InChI=1S/C20H19ClN2O3S/c21-13-6-4-12(5-7-13)20(26)23-11-27-10-17(23)19(25)22-16-9-8-15-14(16)2-1-3-18(15)24/h1-7,16-17,24H,8-11H2,(H,22,25). The first kappa shape index (κ1) is 18.2. The van der Waals surface area contributed by atoms with E-state index in [1.165, 1.54) is 0 Å². The van der Waals surface area contributed by atoms with Gasteiger partial charge in [-0.3, -0.25) is 9.59 Å². The Morgan fingerprint density at radius 3 is 2.74 bits per heavy atom. The zero-order chi connectivity index (χ0) is 19.0. The summed E-state index contributed by atoms with van der Waals surface area (Å²) in [6.45, 7) is 0. The molecule has 2 N–H and O–H groups in total. The molecule has 27 heavy (non-hydrogen) atoms. The van der Waals surface area contributed by atoms with Gasteiger partial charge in [-0.2, -0.15) is 0 Å². The highest BCUT2D eigenvalue weighted by molar-refractivity contribution is 7.99. The molecule has 0 aromatic heterocycles. The molecule has 7 heteroatoms. The number of hydrogen-bond donors (Lipinski definition) is 2. The van der Waals surface area contributed by atoms with Crippen molar-refractivity contribution in [2.75, 3.05) is 11.6 Å². The fourth-order valence-electron chi connectivity index (χ4n) is 3.67. The van der Waals surface area contributed by atoms with Crippen molar-refractivity contribution in [1.82, 2.24) is 10.2 Å². The maximum atomic E-state index is 12.9. The lowest BCUT2D eigenvalue weighted by molar-refractivity contribution is -0.125. The van der Waals surface area contributed by atoms with Crippen LogP contribution in [-0.2, 0) is 11.2 Å². The molecule has 1 aliphatic carbocycles. The van der Waals surface area contributed by atoms with E-state index in [4.69, 9.17) is 11.6 Å². The van der Waals surface area contributed by atoms with Gasteiger partial charge in [0.15, 0.2) is 0 Å². The molecule has 140 valence electrons. The van der Waals surface area contributed by atoms with Crippen LogP contribution >= 0.6 is 23.4 Å². The number of benzene rings is 2. The Morgan fingerprint density at radius 1 is 1.19 bits per heavy atom. The van der Waals surface area contributed by atoms with Crippen molar-refractivity contribution >= 4 is 35.2 Å². The molecular weight excluding hydrogens is 384 g/mol. The van der Waals surface area contributed by atoms with Crippen LogP contribution in [0, 0.1) is 0 Å². The molecule has 1 saturated heterocycles.